The smallest absolute Gasteiger partial charge is 0.220 e. The molecule has 3 rings (SSSR count). The van der Waals surface area contributed by atoms with Gasteiger partial charge in [-0.15, -0.1) is 0 Å². The molecule has 5 heteroatoms. The molecular formula is C16H12N4O. The van der Waals surface area contributed by atoms with E-state index in [1.54, 1.807) is 30.5 Å². The molecule has 0 spiro atoms. The summed E-state index contributed by atoms with van der Waals surface area (Å²) in [6.07, 6.45) is 1.68. The predicted octanol–water partition coefficient (Wildman–Crippen LogP) is 3.18. The van der Waals surface area contributed by atoms with E-state index in [1.807, 2.05) is 19.1 Å². The summed E-state index contributed by atoms with van der Waals surface area (Å²) in [4.78, 5) is 8.58. The molecule has 102 valence electrons. The summed E-state index contributed by atoms with van der Waals surface area (Å²) >= 11 is 0. The van der Waals surface area contributed by atoms with Gasteiger partial charge in [-0.05, 0) is 37.3 Å². The van der Waals surface area contributed by atoms with Gasteiger partial charge in [-0.2, -0.15) is 5.26 Å². The summed E-state index contributed by atoms with van der Waals surface area (Å²) in [5, 5.41) is 9.82. The number of benzene rings is 1. The molecule has 1 aromatic carbocycles. The number of aromatic nitrogens is 2. The zero-order valence-corrected chi connectivity index (χ0v) is 11.4. The van der Waals surface area contributed by atoms with Crippen LogP contribution >= 0.6 is 0 Å². The van der Waals surface area contributed by atoms with E-state index in [2.05, 4.69) is 16.0 Å². The highest BCUT2D eigenvalue weighted by Gasteiger charge is 2.09. The highest BCUT2D eigenvalue weighted by molar-refractivity contribution is 5.94. The van der Waals surface area contributed by atoms with Crippen molar-refractivity contribution in [2.45, 2.75) is 6.92 Å². The van der Waals surface area contributed by atoms with Crippen LogP contribution in [0.25, 0.3) is 10.9 Å². The van der Waals surface area contributed by atoms with Crippen molar-refractivity contribution >= 4 is 16.6 Å². The molecule has 0 amide bonds. The second-order valence-corrected chi connectivity index (χ2v) is 4.60. The van der Waals surface area contributed by atoms with Crippen molar-refractivity contribution in [3.63, 3.8) is 0 Å². The molecule has 2 N–H and O–H groups in total. The van der Waals surface area contributed by atoms with Crippen molar-refractivity contribution in [1.29, 1.82) is 5.26 Å². The minimum absolute atomic E-state index is 0.364. The lowest BCUT2D eigenvalue weighted by molar-refractivity contribution is 0.465. The molecule has 2 aromatic heterocycles. The first-order chi connectivity index (χ1) is 10.2. The summed E-state index contributed by atoms with van der Waals surface area (Å²) in [5.74, 6) is 0.921. The Morgan fingerprint density at radius 2 is 2.10 bits per heavy atom. The molecular weight excluding hydrogens is 264 g/mol. The highest BCUT2D eigenvalue weighted by Crippen LogP contribution is 2.31. The number of nitriles is 1. The lowest BCUT2D eigenvalue weighted by atomic mass is 10.1. The van der Waals surface area contributed by atoms with Gasteiger partial charge in [-0.3, -0.25) is 4.98 Å². The first-order valence-corrected chi connectivity index (χ1v) is 6.37. The zero-order chi connectivity index (χ0) is 14.8. The molecule has 21 heavy (non-hydrogen) atoms. The van der Waals surface area contributed by atoms with E-state index in [1.165, 1.54) is 0 Å². The third-order valence-electron chi connectivity index (χ3n) is 3.04. The van der Waals surface area contributed by atoms with Gasteiger partial charge in [0, 0.05) is 29.0 Å². The first-order valence-electron chi connectivity index (χ1n) is 6.37. The standard InChI is InChI=1S/C16H12N4O/c1-10-7-11(9-17)8-15(20-10)21-14-5-4-13(18)12-3-2-6-19-16(12)14/h2-8H,18H2,1H3. The van der Waals surface area contributed by atoms with Gasteiger partial charge in [0.1, 0.15) is 5.52 Å². The Morgan fingerprint density at radius 3 is 2.90 bits per heavy atom. The monoisotopic (exact) mass is 276 g/mol. The minimum atomic E-state index is 0.364. The fraction of sp³-hybridized carbons (Fsp3) is 0.0625. The minimum Gasteiger partial charge on any atom is -0.437 e. The quantitative estimate of drug-likeness (QED) is 0.726. The molecule has 0 saturated carbocycles. The van der Waals surface area contributed by atoms with Crippen LogP contribution in [-0.2, 0) is 0 Å². The van der Waals surface area contributed by atoms with Crippen molar-refractivity contribution < 1.29 is 4.74 Å². The molecule has 0 radical (unpaired) electrons. The Bertz CT molecular complexity index is 868. The molecule has 2 heterocycles. The summed E-state index contributed by atoms with van der Waals surface area (Å²) < 4.78 is 5.79. The van der Waals surface area contributed by atoms with Crippen LogP contribution < -0.4 is 10.5 Å². The van der Waals surface area contributed by atoms with Gasteiger partial charge < -0.3 is 10.5 Å². The van der Waals surface area contributed by atoms with E-state index in [9.17, 15) is 0 Å². The van der Waals surface area contributed by atoms with Crippen molar-refractivity contribution in [3.05, 3.63) is 53.9 Å². The number of fused-ring (bicyclic) bond motifs is 1. The first kappa shape index (κ1) is 12.9. The summed E-state index contributed by atoms with van der Waals surface area (Å²) in [5.41, 5.74) is 8.46. The van der Waals surface area contributed by atoms with Crippen molar-refractivity contribution in [2.75, 3.05) is 5.73 Å². The molecule has 0 unspecified atom stereocenters. The highest BCUT2D eigenvalue weighted by atomic mass is 16.5. The SMILES string of the molecule is Cc1cc(C#N)cc(Oc2ccc(N)c3cccnc23)n1. The van der Waals surface area contributed by atoms with Crippen molar-refractivity contribution in [1.82, 2.24) is 9.97 Å². The van der Waals surface area contributed by atoms with E-state index in [-0.39, 0.29) is 0 Å². The Morgan fingerprint density at radius 1 is 1.24 bits per heavy atom. The maximum atomic E-state index is 9.00. The number of nitrogen functional groups attached to an aromatic ring is 1. The number of nitrogens with two attached hydrogens (primary N) is 1. The maximum Gasteiger partial charge on any atom is 0.220 e. The number of hydrogen-bond donors (Lipinski definition) is 1. The van der Waals surface area contributed by atoms with Crippen LogP contribution in [0, 0.1) is 18.3 Å². The van der Waals surface area contributed by atoms with Gasteiger partial charge in [0.2, 0.25) is 5.88 Å². The normalized spacial score (nSPS) is 10.3. The van der Waals surface area contributed by atoms with Crippen LogP contribution in [0.5, 0.6) is 11.6 Å². The third kappa shape index (κ3) is 2.47. The number of anilines is 1. The topological polar surface area (TPSA) is 84.8 Å². The average molecular weight is 276 g/mol. The number of aryl methyl sites for hydroxylation is 1. The molecule has 0 aliphatic carbocycles. The second-order valence-electron chi connectivity index (χ2n) is 4.60. The Kier molecular flexibility index (Phi) is 3.13. The van der Waals surface area contributed by atoms with E-state index >= 15 is 0 Å². The number of hydrogen-bond acceptors (Lipinski definition) is 5. The fourth-order valence-electron chi connectivity index (χ4n) is 2.12. The molecule has 0 aliphatic rings. The van der Waals surface area contributed by atoms with Gasteiger partial charge in [0.25, 0.3) is 0 Å². The Labute approximate surface area is 121 Å². The van der Waals surface area contributed by atoms with Crippen LogP contribution in [0.1, 0.15) is 11.3 Å². The number of rotatable bonds is 2. The fourth-order valence-corrected chi connectivity index (χ4v) is 2.12. The largest absolute Gasteiger partial charge is 0.437 e. The number of nitrogens with zero attached hydrogens (tertiary/aromatic N) is 3. The van der Waals surface area contributed by atoms with Crippen LogP contribution in [0.2, 0.25) is 0 Å². The summed E-state index contributed by atoms with van der Waals surface area (Å²) in [6, 6.07) is 12.6. The lowest BCUT2D eigenvalue weighted by Crippen LogP contribution is -1.95. The van der Waals surface area contributed by atoms with Gasteiger partial charge in [0.15, 0.2) is 5.75 Å². The van der Waals surface area contributed by atoms with Gasteiger partial charge >= 0.3 is 0 Å². The number of ether oxygens (including phenoxy) is 1. The molecule has 0 aliphatic heterocycles. The Balaban J connectivity index is 2.09. The lowest BCUT2D eigenvalue weighted by Gasteiger charge is -2.09. The maximum absolute atomic E-state index is 9.00. The van der Waals surface area contributed by atoms with E-state index < -0.39 is 0 Å². The molecule has 0 saturated heterocycles. The molecule has 5 nitrogen and oxygen atoms in total. The van der Waals surface area contributed by atoms with Crippen LogP contribution in [0.3, 0.4) is 0 Å². The second kappa shape index (κ2) is 5.10. The molecule has 3 aromatic rings. The van der Waals surface area contributed by atoms with Crippen molar-refractivity contribution in [3.8, 4) is 17.7 Å². The third-order valence-corrected chi connectivity index (χ3v) is 3.04. The van der Waals surface area contributed by atoms with Crippen LogP contribution in [0.15, 0.2) is 42.6 Å². The summed E-state index contributed by atoms with van der Waals surface area (Å²) in [7, 11) is 0. The van der Waals surface area contributed by atoms with Crippen LogP contribution in [-0.4, -0.2) is 9.97 Å². The Hall–Kier alpha value is -3.13. The van der Waals surface area contributed by atoms with E-state index in [0.717, 1.165) is 11.1 Å². The van der Waals surface area contributed by atoms with Gasteiger partial charge in [0.05, 0.1) is 11.6 Å². The van der Waals surface area contributed by atoms with E-state index in [0.29, 0.717) is 28.4 Å². The molecule has 0 fully saturated rings. The number of pyridine rings is 2. The molecule has 0 atom stereocenters. The zero-order valence-electron chi connectivity index (χ0n) is 11.4. The van der Waals surface area contributed by atoms with Crippen LogP contribution in [0.4, 0.5) is 5.69 Å². The van der Waals surface area contributed by atoms with Crippen molar-refractivity contribution in [2.24, 2.45) is 0 Å². The molecule has 0 bridgehead atoms. The van der Waals surface area contributed by atoms with Gasteiger partial charge in [-0.1, -0.05) is 0 Å². The van der Waals surface area contributed by atoms with Gasteiger partial charge in [-0.25, -0.2) is 4.98 Å². The predicted molar refractivity (Wildman–Crippen MR) is 79.9 cm³/mol. The summed E-state index contributed by atoms with van der Waals surface area (Å²) in [6.45, 7) is 1.81. The van der Waals surface area contributed by atoms with E-state index in [4.69, 9.17) is 15.7 Å². The average Bonchev–Trinajstić information content (AvgIpc) is 2.50.